The zero-order valence-electron chi connectivity index (χ0n) is 18.5. The summed E-state index contributed by atoms with van der Waals surface area (Å²) in [6, 6.07) is 10.3. The Kier molecular flexibility index (Phi) is 10.1. The number of hydrogen-bond acceptors (Lipinski definition) is 6. The third-order valence-corrected chi connectivity index (χ3v) is 5.21. The first-order chi connectivity index (χ1) is 15.0. The number of aryl methyl sites for hydroxylation is 1. The van der Waals surface area contributed by atoms with Gasteiger partial charge in [-0.1, -0.05) is 6.92 Å². The summed E-state index contributed by atoms with van der Waals surface area (Å²) in [7, 11) is 3.88. The van der Waals surface area contributed by atoms with Crippen LogP contribution in [-0.2, 0) is 20.7 Å². The molecular formula is C24H32FN3O3. The van der Waals surface area contributed by atoms with Crippen molar-refractivity contribution in [2.75, 3.05) is 37.5 Å². The first-order valence-electron chi connectivity index (χ1n) is 10.6. The standard InChI is InChI=1S/C12H16N2O.C7H8FN.C5H8O2/c1-9(8-15)10-5-6-12-11(13-10)4-3-7-14(12)2;1-9-7-4-2-6(8)3-5-7;6-4-5-2-1-3-7-5/h5-6,8-9H,3-4,7H2,1-2H3;2-5,9H,1H3;4-5H,1-3H2. The highest BCUT2D eigenvalue weighted by molar-refractivity contribution is 5.61. The van der Waals surface area contributed by atoms with E-state index in [0.717, 1.165) is 68.5 Å². The number of benzene rings is 1. The van der Waals surface area contributed by atoms with Crippen molar-refractivity contribution in [2.24, 2.45) is 0 Å². The maximum atomic E-state index is 12.2. The second-order valence-corrected chi connectivity index (χ2v) is 7.60. The smallest absolute Gasteiger partial charge is 0.148 e. The van der Waals surface area contributed by atoms with Gasteiger partial charge in [0, 0.05) is 32.9 Å². The number of carbonyl (C=O) groups excluding carboxylic acids is 2. The number of aromatic nitrogens is 1. The molecule has 0 bridgehead atoms. The number of nitrogens with one attached hydrogen (secondary N) is 1. The Balaban J connectivity index is 0.000000181. The molecule has 1 N–H and O–H groups in total. The highest BCUT2D eigenvalue weighted by Crippen LogP contribution is 2.25. The molecule has 2 aromatic rings. The number of carbonyl (C=O) groups is 2. The van der Waals surface area contributed by atoms with Gasteiger partial charge in [0.05, 0.1) is 23.0 Å². The van der Waals surface area contributed by atoms with Crippen LogP contribution in [0.15, 0.2) is 36.4 Å². The Labute approximate surface area is 183 Å². The van der Waals surface area contributed by atoms with E-state index >= 15 is 0 Å². The maximum absolute atomic E-state index is 12.2. The number of fused-ring (bicyclic) bond motifs is 1. The molecule has 3 heterocycles. The molecule has 1 aromatic carbocycles. The van der Waals surface area contributed by atoms with Crippen LogP contribution in [0.1, 0.15) is 43.5 Å². The second kappa shape index (κ2) is 12.8. The summed E-state index contributed by atoms with van der Waals surface area (Å²) >= 11 is 0. The van der Waals surface area contributed by atoms with Crippen molar-refractivity contribution < 1.29 is 18.7 Å². The van der Waals surface area contributed by atoms with E-state index in [9.17, 15) is 14.0 Å². The van der Waals surface area contributed by atoms with Gasteiger partial charge in [0.15, 0.2) is 0 Å². The Morgan fingerprint density at radius 2 is 1.94 bits per heavy atom. The van der Waals surface area contributed by atoms with Gasteiger partial charge in [0.25, 0.3) is 0 Å². The summed E-state index contributed by atoms with van der Waals surface area (Å²) in [5, 5.41) is 2.89. The fourth-order valence-electron chi connectivity index (χ4n) is 3.30. The average Bonchev–Trinajstić information content (AvgIpc) is 3.34. The largest absolute Gasteiger partial charge is 0.388 e. The topological polar surface area (TPSA) is 71.5 Å². The number of nitrogens with zero attached hydrogens (tertiary/aromatic N) is 2. The van der Waals surface area contributed by atoms with Gasteiger partial charge in [0.1, 0.15) is 24.5 Å². The lowest BCUT2D eigenvalue weighted by Gasteiger charge is -2.27. The van der Waals surface area contributed by atoms with E-state index in [2.05, 4.69) is 28.3 Å². The van der Waals surface area contributed by atoms with Gasteiger partial charge >= 0.3 is 0 Å². The van der Waals surface area contributed by atoms with Gasteiger partial charge in [-0.2, -0.15) is 0 Å². The highest BCUT2D eigenvalue weighted by atomic mass is 19.1. The van der Waals surface area contributed by atoms with Gasteiger partial charge in [0.2, 0.25) is 0 Å². The number of pyridine rings is 1. The molecule has 0 saturated carbocycles. The molecular weight excluding hydrogens is 397 g/mol. The van der Waals surface area contributed by atoms with Crippen LogP contribution < -0.4 is 10.2 Å². The molecule has 2 atom stereocenters. The molecule has 6 nitrogen and oxygen atoms in total. The lowest BCUT2D eigenvalue weighted by Crippen LogP contribution is -2.25. The SMILES string of the molecule is CC(C=O)c1ccc2c(n1)CCCN2C.CNc1ccc(F)cc1.O=CC1CCCO1. The van der Waals surface area contributed by atoms with Crippen LogP contribution in [0.5, 0.6) is 0 Å². The Morgan fingerprint density at radius 1 is 1.19 bits per heavy atom. The number of halogens is 1. The lowest BCUT2D eigenvalue weighted by molar-refractivity contribution is -0.115. The molecule has 2 aliphatic rings. The van der Waals surface area contributed by atoms with Crippen molar-refractivity contribution in [1.82, 2.24) is 4.98 Å². The average molecular weight is 430 g/mol. The van der Waals surface area contributed by atoms with E-state index in [0.29, 0.717) is 0 Å². The van der Waals surface area contributed by atoms with E-state index in [-0.39, 0.29) is 17.8 Å². The van der Waals surface area contributed by atoms with Gasteiger partial charge < -0.3 is 24.5 Å². The van der Waals surface area contributed by atoms with Crippen molar-refractivity contribution in [3.8, 4) is 0 Å². The van der Waals surface area contributed by atoms with Crippen molar-refractivity contribution >= 4 is 23.9 Å². The predicted octanol–water partition coefficient (Wildman–Crippen LogP) is 4.00. The first kappa shape index (κ1) is 24.5. The normalized spacial score (nSPS) is 17.8. The molecule has 2 aliphatic heterocycles. The molecule has 1 saturated heterocycles. The lowest BCUT2D eigenvalue weighted by atomic mass is 10.0. The van der Waals surface area contributed by atoms with Gasteiger partial charge in [-0.25, -0.2) is 4.39 Å². The van der Waals surface area contributed by atoms with E-state index in [1.54, 1.807) is 19.2 Å². The summed E-state index contributed by atoms with van der Waals surface area (Å²) in [6.07, 6.45) is 5.87. The number of hydrogen-bond donors (Lipinski definition) is 1. The summed E-state index contributed by atoms with van der Waals surface area (Å²) in [5.41, 5.74) is 4.16. The van der Waals surface area contributed by atoms with Crippen molar-refractivity contribution in [3.63, 3.8) is 0 Å². The monoisotopic (exact) mass is 429 g/mol. The molecule has 1 fully saturated rings. The molecule has 2 unspecified atom stereocenters. The number of anilines is 2. The maximum Gasteiger partial charge on any atom is 0.148 e. The molecule has 1 aromatic heterocycles. The van der Waals surface area contributed by atoms with Crippen LogP contribution >= 0.6 is 0 Å². The van der Waals surface area contributed by atoms with Crippen LogP contribution in [0.4, 0.5) is 15.8 Å². The minimum absolute atomic E-state index is 0.0833. The summed E-state index contributed by atoms with van der Waals surface area (Å²) < 4.78 is 17.1. The summed E-state index contributed by atoms with van der Waals surface area (Å²) in [6.45, 7) is 3.74. The third-order valence-electron chi connectivity index (χ3n) is 5.21. The van der Waals surface area contributed by atoms with E-state index in [1.165, 1.54) is 17.8 Å². The fraction of sp³-hybridized carbons (Fsp3) is 0.458. The Hall–Kier alpha value is -2.80. The molecule has 168 valence electrons. The van der Waals surface area contributed by atoms with Crippen LogP contribution in [0, 0.1) is 5.82 Å². The van der Waals surface area contributed by atoms with Crippen LogP contribution in [-0.4, -0.2) is 50.9 Å². The molecule has 31 heavy (non-hydrogen) atoms. The Morgan fingerprint density at radius 3 is 2.48 bits per heavy atom. The van der Waals surface area contributed by atoms with Crippen molar-refractivity contribution in [1.29, 1.82) is 0 Å². The number of ether oxygens (including phenoxy) is 1. The number of rotatable bonds is 4. The molecule has 0 amide bonds. The Bertz CT molecular complexity index is 823. The van der Waals surface area contributed by atoms with Crippen molar-refractivity contribution in [3.05, 3.63) is 53.6 Å². The van der Waals surface area contributed by atoms with E-state index in [4.69, 9.17) is 4.74 Å². The zero-order valence-corrected chi connectivity index (χ0v) is 18.5. The van der Waals surface area contributed by atoms with Crippen LogP contribution in [0.2, 0.25) is 0 Å². The molecule has 0 aliphatic carbocycles. The fourth-order valence-corrected chi connectivity index (χ4v) is 3.30. The quantitative estimate of drug-likeness (QED) is 0.741. The third kappa shape index (κ3) is 7.75. The van der Waals surface area contributed by atoms with Crippen molar-refractivity contribution in [2.45, 2.75) is 44.6 Å². The van der Waals surface area contributed by atoms with E-state index < -0.39 is 0 Å². The molecule has 7 heteroatoms. The van der Waals surface area contributed by atoms with E-state index in [1.807, 2.05) is 13.0 Å². The number of aldehydes is 2. The van der Waals surface area contributed by atoms with Crippen LogP contribution in [0.3, 0.4) is 0 Å². The van der Waals surface area contributed by atoms with Gasteiger partial charge in [-0.05, 0) is 62.1 Å². The zero-order chi connectivity index (χ0) is 22.6. The second-order valence-electron chi connectivity index (χ2n) is 7.60. The molecule has 0 spiro atoms. The van der Waals surface area contributed by atoms with Gasteiger partial charge in [-0.15, -0.1) is 0 Å². The minimum atomic E-state index is -0.200. The summed E-state index contributed by atoms with van der Waals surface area (Å²) in [5.74, 6) is -0.295. The highest BCUT2D eigenvalue weighted by Gasteiger charge is 2.16. The first-order valence-corrected chi connectivity index (χ1v) is 10.6. The summed E-state index contributed by atoms with van der Waals surface area (Å²) in [4.78, 5) is 27.4. The van der Waals surface area contributed by atoms with Gasteiger partial charge in [-0.3, -0.25) is 4.98 Å². The predicted molar refractivity (Wildman–Crippen MR) is 121 cm³/mol. The minimum Gasteiger partial charge on any atom is -0.388 e. The van der Waals surface area contributed by atoms with Crippen LogP contribution in [0.25, 0.3) is 0 Å². The molecule has 0 radical (unpaired) electrons. The molecule has 4 rings (SSSR count).